The van der Waals surface area contributed by atoms with E-state index < -0.39 is 29.5 Å². The molecule has 9 heterocycles. The number of carbonyl (C=O) groups is 3. The van der Waals surface area contributed by atoms with Gasteiger partial charge in [-0.05, 0) is 121 Å². The van der Waals surface area contributed by atoms with Crippen molar-refractivity contribution in [2.24, 2.45) is 17.3 Å². The number of ether oxygens (including phenoxy) is 4. The highest BCUT2D eigenvalue weighted by atomic mass is 32.1. The molecule has 6 bridgehead atoms. The monoisotopic (exact) mass is 1110 g/mol. The van der Waals surface area contributed by atoms with Crippen LogP contribution in [0.15, 0.2) is 54.4 Å². The topological polar surface area (TPSA) is 182 Å². The molecule has 5 aliphatic heterocycles. The third-order valence-corrected chi connectivity index (χ3v) is 19.2. The number of hydrazine groups is 1. The highest BCUT2D eigenvalue weighted by Gasteiger charge is 2.55. The molecule has 2 aliphatic carbocycles. The number of benzene rings is 1. The number of amides is 2. The Morgan fingerprint density at radius 3 is 2.52 bits per heavy atom. The summed E-state index contributed by atoms with van der Waals surface area (Å²) in [6.07, 6.45) is 12.8. The molecule has 80 heavy (non-hydrogen) atoms. The average Bonchev–Trinajstić information content (AvgIpc) is 4.31. The Labute approximate surface area is 474 Å². The zero-order valence-corrected chi connectivity index (χ0v) is 48.6. The molecule has 428 valence electrons. The lowest BCUT2D eigenvalue weighted by Gasteiger charge is -2.39. The Bertz CT molecular complexity index is 3060. The molecule has 0 spiro atoms. The number of aromatic nitrogens is 5. The Morgan fingerprint density at radius 2 is 1.77 bits per heavy atom. The van der Waals surface area contributed by atoms with E-state index in [0.717, 1.165) is 132 Å². The first kappa shape index (κ1) is 55.1. The van der Waals surface area contributed by atoms with Crippen molar-refractivity contribution in [3.8, 4) is 22.5 Å². The van der Waals surface area contributed by atoms with Crippen molar-refractivity contribution in [1.29, 1.82) is 0 Å². The number of fused-ring (bicyclic) bond motifs is 6. The number of carbonyl (C=O) groups excluding carboxylic acids is 3. The van der Waals surface area contributed by atoms with Crippen LogP contribution >= 0.6 is 11.3 Å². The van der Waals surface area contributed by atoms with Crippen LogP contribution in [-0.2, 0) is 46.3 Å². The van der Waals surface area contributed by atoms with Crippen molar-refractivity contribution in [2.45, 2.75) is 154 Å². The minimum Gasteiger partial charge on any atom is -0.464 e. The summed E-state index contributed by atoms with van der Waals surface area (Å²) in [5, 5.41) is 8.80. The predicted octanol–water partition coefficient (Wildman–Crippen LogP) is 7.88. The number of methoxy groups -OCH3 is 1. The summed E-state index contributed by atoms with van der Waals surface area (Å²) >= 11 is 1.53. The minimum absolute atomic E-state index is 0.0254. The van der Waals surface area contributed by atoms with Gasteiger partial charge in [-0.3, -0.25) is 34.2 Å². The molecule has 4 aromatic heterocycles. The number of pyridine rings is 1. The summed E-state index contributed by atoms with van der Waals surface area (Å²) in [5.41, 5.74) is 11.2. The molecule has 8 atom stereocenters. The Kier molecular flexibility index (Phi) is 15.7. The molecule has 0 unspecified atom stereocenters. The summed E-state index contributed by atoms with van der Waals surface area (Å²) in [5.74, 6) is -1.35. The lowest BCUT2D eigenvalue weighted by Crippen LogP contribution is -2.62. The summed E-state index contributed by atoms with van der Waals surface area (Å²) in [4.78, 5) is 71.4. The molecule has 12 rings (SSSR count). The fourth-order valence-corrected chi connectivity index (χ4v) is 14.6. The summed E-state index contributed by atoms with van der Waals surface area (Å²) in [7, 11) is 1.75. The molecule has 6 fully saturated rings. The fraction of sp³-hybridized carbons (Fsp3) is 0.623. The lowest BCUT2D eigenvalue weighted by atomic mass is 9.84. The van der Waals surface area contributed by atoms with Gasteiger partial charge in [0.15, 0.2) is 0 Å². The molecule has 18 nitrogen and oxygen atoms in total. The predicted molar refractivity (Wildman–Crippen MR) is 307 cm³/mol. The maximum atomic E-state index is 15.4. The molecule has 2 amide bonds. The first-order valence-electron chi connectivity index (χ1n) is 29.6. The van der Waals surface area contributed by atoms with E-state index in [4.69, 9.17) is 28.9 Å². The van der Waals surface area contributed by atoms with Crippen LogP contribution in [0.25, 0.3) is 33.4 Å². The Balaban J connectivity index is 0.988. The third-order valence-electron chi connectivity index (χ3n) is 18.2. The number of cyclic esters (lactones) is 1. The standard InChI is InChI=1S/C61H81N11O7S/c1-37-50(46-16-18-62-36-64-46)51(37)56(73)66-53-55(70-19-8-9-20-70)57-65-48(34-80-57)39-12-15-49-43(29-39)45(32-60(3,4)35-78-59(75)47-11-10-21-72(67-47)58(53)74)54(71(49)26-28-77-42-17-27-79-61(5,6)31-42)44-30-41(33-63-52(44)38(2)76-7)69-24-22-68(23-25-69)40-13-14-40/h12,15-16,18,29-30,33-34,36-38,40,42,47,50-51,53,55,67H,8-11,13-14,17,19-28,31-32,35H2,1-7H3,(H,66,73)/t37-,38-,42+,47-,50-,51+,53-,55-/m0/s1. The van der Waals surface area contributed by atoms with E-state index in [0.29, 0.717) is 45.6 Å². The van der Waals surface area contributed by atoms with Gasteiger partial charge in [0.2, 0.25) is 5.91 Å². The Morgan fingerprint density at radius 1 is 0.963 bits per heavy atom. The zero-order chi connectivity index (χ0) is 55.5. The van der Waals surface area contributed by atoms with Crippen molar-refractivity contribution in [3.05, 3.63) is 76.4 Å². The van der Waals surface area contributed by atoms with E-state index in [9.17, 15) is 9.59 Å². The molecule has 7 aliphatic rings. The smallest absolute Gasteiger partial charge is 0.324 e. The number of hydrogen-bond donors (Lipinski definition) is 2. The van der Waals surface area contributed by atoms with E-state index in [2.05, 4.69) is 111 Å². The second kappa shape index (κ2) is 22.7. The van der Waals surface area contributed by atoms with Gasteiger partial charge in [0.1, 0.15) is 23.4 Å². The van der Waals surface area contributed by atoms with Crippen LogP contribution in [0.3, 0.4) is 0 Å². The van der Waals surface area contributed by atoms with Crippen molar-refractivity contribution in [2.75, 3.05) is 77.6 Å². The number of piperazine rings is 1. The first-order chi connectivity index (χ1) is 38.6. The number of likely N-dealkylation sites (tertiary alicyclic amines) is 1. The largest absolute Gasteiger partial charge is 0.464 e. The normalized spacial score (nSPS) is 27.9. The average molecular weight is 1110 g/mol. The van der Waals surface area contributed by atoms with Crippen LogP contribution in [0.1, 0.15) is 133 Å². The second-order valence-electron chi connectivity index (χ2n) is 25.1. The van der Waals surface area contributed by atoms with Crippen molar-refractivity contribution < 1.29 is 33.3 Å². The minimum atomic E-state index is -1.01. The van der Waals surface area contributed by atoms with E-state index in [1.54, 1.807) is 18.3 Å². The molecule has 5 aromatic rings. The van der Waals surface area contributed by atoms with Gasteiger partial charge in [-0.1, -0.05) is 26.8 Å². The highest BCUT2D eigenvalue weighted by Crippen LogP contribution is 2.53. The maximum absolute atomic E-state index is 15.4. The SMILES string of the molecule is CO[C@@H](C)c1ncc(N2CCN(C3CC3)CC2)cc1-c1c2c3cc(ccc3n1CCO[C@@H]1CCOC(C)(C)C1)-c1csc(n1)[C@@H](N1CCCC1)[C@H](NC(=O)[C@@H]1[C@@H](C)[C@H]1c1ccncn1)C(=O)N1CCC[C@H](N1)C(=O)OCC(C)(C)C2. The van der Waals surface area contributed by atoms with E-state index in [-0.39, 0.29) is 54.0 Å². The van der Waals surface area contributed by atoms with Gasteiger partial charge in [-0.2, -0.15) is 0 Å². The molecular weight excluding hydrogens is 1030 g/mol. The number of thiazole rings is 1. The molecule has 4 saturated heterocycles. The summed E-state index contributed by atoms with van der Waals surface area (Å²) < 4.78 is 27.9. The first-order valence-corrected chi connectivity index (χ1v) is 30.4. The van der Waals surface area contributed by atoms with E-state index in [1.165, 1.54) is 30.5 Å². The van der Waals surface area contributed by atoms with E-state index in [1.807, 2.05) is 12.3 Å². The van der Waals surface area contributed by atoms with Gasteiger partial charge in [0.25, 0.3) is 5.91 Å². The molecular formula is C61H81N11O7S. The molecule has 1 aromatic carbocycles. The van der Waals surface area contributed by atoms with Crippen LogP contribution < -0.4 is 15.6 Å². The summed E-state index contributed by atoms with van der Waals surface area (Å²) in [6.45, 7) is 20.4. The third kappa shape index (κ3) is 11.4. The van der Waals surface area contributed by atoms with Crippen molar-refractivity contribution >= 4 is 45.7 Å². The van der Waals surface area contributed by atoms with Gasteiger partial charge >= 0.3 is 5.97 Å². The van der Waals surface area contributed by atoms with Crippen LogP contribution in [0, 0.1) is 17.3 Å². The van der Waals surface area contributed by atoms with Gasteiger partial charge < -0.3 is 33.7 Å². The number of rotatable bonds is 13. The second-order valence-corrected chi connectivity index (χ2v) is 26.0. The van der Waals surface area contributed by atoms with Crippen LogP contribution in [0.4, 0.5) is 5.69 Å². The number of hydrogen-bond acceptors (Lipinski definition) is 16. The number of anilines is 1. The molecule has 0 radical (unpaired) electrons. The van der Waals surface area contributed by atoms with Crippen molar-refractivity contribution in [1.82, 2.24) is 50.1 Å². The zero-order valence-electron chi connectivity index (χ0n) is 47.8. The summed E-state index contributed by atoms with van der Waals surface area (Å²) in [6, 6.07) is 9.26. The maximum Gasteiger partial charge on any atom is 0.324 e. The van der Waals surface area contributed by atoms with E-state index >= 15 is 4.79 Å². The highest BCUT2D eigenvalue weighted by molar-refractivity contribution is 7.10. The Hall–Kier alpha value is -5.41. The molecule has 19 heteroatoms. The van der Waals surface area contributed by atoms with Crippen LogP contribution in [0.2, 0.25) is 0 Å². The fourth-order valence-electron chi connectivity index (χ4n) is 13.6. The van der Waals surface area contributed by atoms with Crippen molar-refractivity contribution in [3.63, 3.8) is 0 Å². The van der Waals surface area contributed by atoms with Crippen LogP contribution in [0.5, 0.6) is 0 Å². The molecule has 2 N–H and O–H groups in total. The van der Waals surface area contributed by atoms with Gasteiger partial charge in [-0.15, -0.1) is 11.3 Å². The van der Waals surface area contributed by atoms with Gasteiger partial charge in [0, 0.05) is 122 Å². The van der Waals surface area contributed by atoms with Crippen LogP contribution in [-0.4, -0.2) is 160 Å². The lowest BCUT2D eigenvalue weighted by molar-refractivity contribution is -0.156. The van der Waals surface area contributed by atoms with Gasteiger partial charge in [-0.25, -0.2) is 20.4 Å². The number of esters is 1. The quantitative estimate of drug-likeness (QED) is 0.109. The number of nitrogens with one attached hydrogen (secondary N) is 2. The number of nitrogens with zero attached hydrogens (tertiary/aromatic N) is 9. The van der Waals surface area contributed by atoms with Gasteiger partial charge in [0.05, 0.1) is 66.0 Å². The molecule has 2 saturated carbocycles.